The molecule has 3 nitrogen and oxygen atoms in total. The molecule has 0 spiro atoms. The van der Waals surface area contributed by atoms with Crippen molar-refractivity contribution in [2.45, 2.75) is 32.7 Å². The van der Waals surface area contributed by atoms with Gasteiger partial charge in [0, 0.05) is 6.04 Å². The van der Waals surface area contributed by atoms with Gasteiger partial charge in [0.05, 0.1) is 6.61 Å². The second-order valence-corrected chi connectivity index (χ2v) is 5.22. The van der Waals surface area contributed by atoms with Gasteiger partial charge in [0.2, 0.25) is 0 Å². The highest BCUT2D eigenvalue weighted by Gasteiger charge is 2.06. The second-order valence-electron chi connectivity index (χ2n) is 5.22. The molecule has 0 saturated heterocycles. The molecule has 0 fully saturated rings. The third-order valence-electron chi connectivity index (χ3n) is 3.02. The topological polar surface area (TPSA) is 44.5 Å². The summed E-state index contributed by atoms with van der Waals surface area (Å²) in [7, 11) is 0. The predicted molar refractivity (Wildman–Crippen MR) is 86.1 cm³/mol. The Labute approximate surface area is 126 Å². The lowest BCUT2D eigenvalue weighted by atomic mass is 10.1. The van der Waals surface area contributed by atoms with Crippen LogP contribution in [0, 0.1) is 0 Å². The van der Waals surface area contributed by atoms with Crippen LogP contribution in [-0.4, -0.2) is 12.6 Å². The van der Waals surface area contributed by atoms with Crippen LogP contribution in [0.25, 0.3) is 0 Å². The van der Waals surface area contributed by atoms with E-state index in [1.54, 1.807) is 0 Å². The van der Waals surface area contributed by atoms with Crippen LogP contribution in [0.2, 0.25) is 0 Å². The van der Waals surface area contributed by atoms with Gasteiger partial charge in [-0.15, -0.1) is 0 Å². The molecule has 2 aromatic rings. The lowest BCUT2D eigenvalue weighted by molar-refractivity contribution is 0.302. The summed E-state index contributed by atoms with van der Waals surface area (Å²) in [4.78, 5) is 0. The molecule has 0 radical (unpaired) electrons. The van der Waals surface area contributed by atoms with Crippen molar-refractivity contribution in [3.05, 3.63) is 54.1 Å². The number of benzene rings is 2. The highest BCUT2D eigenvalue weighted by atomic mass is 16.5. The Morgan fingerprint density at radius 1 is 1.00 bits per heavy atom. The van der Waals surface area contributed by atoms with Crippen LogP contribution >= 0.6 is 0 Å². The second kappa shape index (κ2) is 7.70. The maximum atomic E-state index is 5.91. The molecule has 0 aromatic heterocycles. The molecule has 21 heavy (non-hydrogen) atoms. The van der Waals surface area contributed by atoms with Gasteiger partial charge in [-0.3, -0.25) is 0 Å². The third kappa shape index (κ3) is 4.80. The first-order valence-corrected chi connectivity index (χ1v) is 7.43. The fourth-order valence-corrected chi connectivity index (χ4v) is 2.06. The van der Waals surface area contributed by atoms with E-state index in [0.717, 1.165) is 30.1 Å². The van der Waals surface area contributed by atoms with E-state index in [-0.39, 0.29) is 6.04 Å². The van der Waals surface area contributed by atoms with Gasteiger partial charge < -0.3 is 15.2 Å². The Kier molecular flexibility index (Phi) is 5.64. The summed E-state index contributed by atoms with van der Waals surface area (Å²) in [5.74, 6) is 2.32. The Bertz CT molecular complexity index is 549. The quantitative estimate of drug-likeness (QED) is 0.831. The summed E-state index contributed by atoms with van der Waals surface area (Å²) in [5, 5.41) is 0. The number of nitrogens with two attached hydrogens (primary N) is 1. The maximum Gasteiger partial charge on any atom is 0.169 e. The molecule has 3 heteroatoms. The van der Waals surface area contributed by atoms with Gasteiger partial charge >= 0.3 is 0 Å². The van der Waals surface area contributed by atoms with E-state index in [1.807, 2.05) is 55.5 Å². The minimum atomic E-state index is 0.167. The highest BCUT2D eigenvalue weighted by Crippen LogP contribution is 2.31. The van der Waals surface area contributed by atoms with Crippen LogP contribution in [-0.2, 0) is 6.42 Å². The van der Waals surface area contributed by atoms with Crippen molar-refractivity contribution in [3.63, 3.8) is 0 Å². The van der Waals surface area contributed by atoms with Gasteiger partial charge in [-0.25, -0.2) is 0 Å². The van der Waals surface area contributed by atoms with Crippen molar-refractivity contribution >= 4 is 0 Å². The van der Waals surface area contributed by atoms with E-state index in [1.165, 1.54) is 5.56 Å². The zero-order chi connectivity index (χ0) is 15.1. The molecular formula is C18H23NO2. The monoisotopic (exact) mass is 285 g/mol. The molecule has 112 valence electrons. The Balaban J connectivity index is 2.07. The Morgan fingerprint density at radius 2 is 1.67 bits per heavy atom. The van der Waals surface area contributed by atoms with Crippen molar-refractivity contribution < 1.29 is 9.47 Å². The van der Waals surface area contributed by atoms with Gasteiger partial charge in [0.1, 0.15) is 5.75 Å². The number of rotatable bonds is 7. The predicted octanol–water partition coefficient (Wildman–Crippen LogP) is 4.16. The first kappa shape index (κ1) is 15.4. The minimum Gasteiger partial charge on any atom is -0.490 e. The number of ether oxygens (including phenoxy) is 2. The molecule has 0 heterocycles. The first-order valence-electron chi connectivity index (χ1n) is 7.43. The number of hydrogen-bond donors (Lipinski definition) is 1. The molecule has 0 amide bonds. The standard InChI is InChI=1S/C18H23NO2/c1-3-12-20-17-6-4-5-7-18(17)21-16-10-8-15(9-11-16)13-14(2)19/h4-11,14H,3,12-13,19H2,1-2H3. The van der Waals surface area contributed by atoms with Crippen LogP contribution < -0.4 is 15.2 Å². The van der Waals surface area contributed by atoms with Crippen LogP contribution in [0.1, 0.15) is 25.8 Å². The smallest absolute Gasteiger partial charge is 0.169 e. The molecule has 1 unspecified atom stereocenters. The van der Waals surface area contributed by atoms with Crippen molar-refractivity contribution in [1.29, 1.82) is 0 Å². The zero-order valence-corrected chi connectivity index (χ0v) is 12.7. The van der Waals surface area contributed by atoms with E-state index < -0.39 is 0 Å². The van der Waals surface area contributed by atoms with Crippen molar-refractivity contribution in [1.82, 2.24) is 0 Å². The molecule has 0 aliphatic heterocycles. The van der Waals surface area contributed by atoms with Gasteiger partial charge in [0.15, 0.2) is 11.5 Å². The summed E-state index contributed by atoms with van der Waals surface area (Å²) in [6, 6.07) is 15.9. The van der Waals surface area contributed by atoms with E-state index in [9.17, 15) is 0 Å². The minimum absolute atomic E-state index is 0.167. The zero-order valence-electron chi connectivity index (χ0n) is 12.7. The van der Waals surface area contributed by atoms with Crippen LogP contribution in [0.4, 0.5) is 0 Å². The summed E-state index contributed by atoms with van der Waals surface area (Å²) < 4.78 is 11.6. The normalized spacial score (nSPS) is 12.0. The van der Waals surface area contributed by atoms with Crippen LogP contribution in [0.15, 0.2) is 48.5 Å². The fourth-order valence-electron chi connectivity index (χ4n) is 2.06. The molecule has 0 aliphatic carbocycles. The van der Waals surface area contributed by atoms with E-state index in [4.69, 9.17) is 15.2 Å². The lowest BCUT2D eigenvalue weighted by Gasteiger charge is -2.12. The Morgan fingerprint density at radius 3 is 2.29 bits per heavy atom. The van der Waals surface area contributed by atoms with Gasteiger partial charge in [-0.2, -0.15) is 0 Å². The van der Waals surface area contributed by atoms with Gasteiger partial charge in [-0.1, -0.05) is 31.2 Å². The molecule has 0 bridgehead atoms. The molecule has 2 N–H and O–H groups in total. The van der Waals surface area contributed by atoms with E-state index in [0.29, 0.717) is 6.61 Å². The van der Waals surface area contributed by atoms with Crippen LogP contribution in [0.3, 0.4) is 0 Å². The fraction of sp³-hybridized carbons (Fsp3) is 0.333. The number of para-hydroxylation sites is 2. The van der Waals surface area contributed by atoms with Crippen LogP contribution in [0.5, 0.6) is 17.2 Å². The van der Waals surface area contributed by atoms with Gasteiger partial charge in [0.25, 0.3) is 0 Å². The summed E-state index contributed by atoms with van der Waals surface area (Å²) >= 11 is 0. The molecular weight excluding hydrogens is 262 g/mol. The van der Waals surface area contributed by atoms with E-state index >= 15 is 0 Å². The molecule has 2 rings (SSSR count). The lowest BCUT2D eigenvalue weighted by Crippen LogP contribution is -2.17. The van der Waals surface area contributed by atoms with E-state index in [2.05, 4.69) is 6.92 Å². The maximum absolute atomic E-state index is 5.91. The molecule has 2 aromatic carbocycles. The summed E-state index contributed by atoms with van der Waals surface area (Å²) in [6.07, 6.45) is 1.84. The third-order valence-corrected chi connectivity index (χ3v) is 3.02. The average molecular weight is 285 g/mol. The SMILES string of the molecule is CCCOc1ccccc1Oc1ccc(CC(C)N)cc1. The molecule has 0 saturated carbocycles. The first-order chi connectivity index (χ1) is 10.2. The van der Waals surface area contributed by atoms with Crippen molar-refractivity contribution in [2.24, 2.45) is 5.73 Å². The van der Waals surface area contributed by atoms with Crippen molar-refractivity contribution in [3.8, 4) is 17.2 Å². The van der Waals surface area contributed by atoms with Crippen molar-refractivity contribution in [2.75, 3.05) is 6.61 Å². The summed E-state index contributed by atoms with van der Waals surface area (Å²) in [6.45, 7) is 4.78. The molecule has 0 aliphatic rings. The number of hydrogen-bond acceptors (Lipinski definition) is 3. The Hall–Kier alpha value is -2.00. The largest absolute Gasteiger partial charge is 0.490 e. The molecule has 1 atom stereocenters. The van der Waals surface area contributed by atoms with Gasteiger partial charge in [-0.05, 0) is 49.6 Å². The average Bonchev–Trinajstić information content (AvgIpc) is 2.48. The summed E-state index contributed by atoms with van der Waals surface area (Å²) in [5.41, 5.74) is 7.02. The highest BCUT2D eigenvalue weighted by molar-refractivity contribution is 5.43.